The summed E-state index contributed by atoms with van der Waals surface area (Å²) in [6, 6.07) is 3.54. The zero-order chi connectivity index (χ0) is 9.26. The molecule has 1 atom stereocenters. The summed E-state index contributed by atoms with van der Waals surface area (Å²) >= 11 is 3.34. The number of pyridine rings is 1. The first kappa shape index (κ1) is 8.97. The van der Waals surface area contributed by atoms with Crippen LogP contribution in [0.5, 0.6) is 0 Å². The summed E-state index contributed by atoms with van der Waals surface area (Å²) in [6.07, 6.45) is 2.75. The maximum atomic E-state index is 11.4. The fourth-order valence-electron chi connectivity index (χ4n) is 1.50. The molecule has 2 rings (SSSR count). The smallest absolute Gasteiger partial charge is 0.250 e. The third kappa shape index (κ3) is 1.84. The van der Waals surface area contributed by atoms with E-state index < -0.39 is 0 Å². The maximum Gasteiger partial charge on any atom is 0.250 e. The van der Waals surface area contributed by atoms with Gasteiger partial charge in [0.1, 0.15) is 0 Å². The highest BCUT2D eigenvalue weighted by atomic mass is 79.9. The molecule has 2 heterocycles. The van der Waals surface area contributed by atoms with Gasteiger partial charge < -0.3 is 9.30 Å². The van der Waals surface area contributed by atoms with E-state index in [1.807, 2.05) is 6.20 Å². The van der Waals surface area contributed by atoms with E-state index in [4.69, 9.17) is 4.74 Å². The monoisotopic (exact) mass is 243 g/mol. The van der Waals surface area contributed by atoms with Crippen LogP contribution in [0.15, 0.2) is 27.6 Å². The van der Waals surface area contributed by atoms with Gasteiger partial charge in [-0.3, -0.25) is 4.79 Å². The van der Waals surface area contributed by atoms with E-state index in [1.54, 1.807) is 16.7 Å². The van der Waals surface area contributed by atoms with Crippen molar-refractivity contribution in [1.82, 2.24) is 4.57 Å². The fourth-order valence-corrected chi connectivity index (χ4v) is 1.86. The summed E-state index contributed by atoms with van der Waals surface area (Å²) in [6.45, 7) is 1.40. The number of rotatable bonds is 1. The summed E-state index contributed by atoms with van der Waals surface area (Å²) in [5.74, 6) is 0. The minimum atomic E-state index is 0.0405. The fraction of sp³-hybridized carbons (Fsp3) is 0.444. The number of hydrogen-bond acceptors (Lipinski definition) is 2. The van der Waals surface area contributed by atoms with Crippen LogP contribution in [0.1, 0.15) is 12.5 Å². The van der Waals surface area contributed by atoms with Gasteiger partial charge in [0, 0.05) is 23.3 Å². The maximum absolute atomic E-state index is 11.4. The van der Waals surface area contributed by atoms with Crippen LogP contribution in [0, 0.1) is 0 Å². The lowest BCUT2D eigenvalue weighted by atomic mass is 10.2. The van der Waals surface area contributed by atoms with Gasteiger partial charge in [0.05, 0.1) is 12.6 Å². The summed E-state index contributed by atoms with van der Waals surface area (Å²) in [5, 5.41) is 0. The van der Waals surface area contributed by atoms with Gasteiger partial charge in [0.15, 0.2) is 0 Å². The standard InChI is InChI=1S/C9H10BrNO2/c10-7-1-2-9(12)11(5-7)8-3-4-13-6-8/h1-2,5,8H,3-4,6H2. The Hall–Kier alpha value is -0.610. The average Bonchev–Trinajstić information content (AvgIpc) is 2.61. The van der Waals surface area contributed by atoms with Crippen LogP contribution >= 0.6 is 15.9 Å². The first-order chi connectivity index (χ1) is 6.27. The number of nitrogens with zero attached hydrogens (tertiary/aromatic N) is 1. The highest BCUT2D eigenvalue weighted by Crippen LogP contribution is 2.18. The molecule has 0 amide bonds. The summed E-state index contributed by atoms with van der Waals surface area (Å²) < 4.78 is 7.89. The van der Waals surface area contributed by atoms with Gasteiger partial charge in [-0.2, -0.15) is 0 Å². The lowest BCUT2D eigenvalue weighted by Gasteiger charge is -2.11. The van der Waals surface area contributed by atoms with E-state index >= 15 is 0 Å². The van der Waals surface area contributed by atoms with E-state index in [2.05, 4.69) is 15.9 Å². The number of ether oxygens (including phenoxy) is 1. The largest absolute Gasteiger partial charge is 0.379 e. The van der Waals surface area contributed by atoms with Crippen molar-refractivity contribution in [1.29, 1.82) is 0 Å². The van der Waals surface area contributed by atoms with Crippen LogP contribution in [-0.2, 0) is 4.74 Å². The predicted molar refractivity (Wildman–Crippen MR) is 52.9 cm³/mol. The van der Waals surface area contributed by atoms with Crippen LogP contribution in [0.3, 0.4) is 0 Å². The Balaban J connectivity index is 2.37. The Labute approximate surface area is 84.5 Å². The molecule has 0 aromatic carbocycles. The normalized spacial score (nSPS) is 22.1. The molecule has 0 aliphatic carbocycles. The van der Waals surface area contributed by atoms with Crippen molar-refractivity contribution in [2.45, 2.75) is 12.5 Å². The number of halogens is 1. The van der Waals surface area contributed by atoms with Crippen molar-refractivity contribution in [3.63, 3.8) is 0 Å². The van der Waals surface area contributed by atoms with E-state index in [0.717, 1.165) is 17.5 Å². The van der Waals surface area contributed by atoms with Crippen molar-refractivity contribution in [2.75, 3.05) is 13.2 Å². The molecule has 1 fully saturated rings. The zero-order valence-corrected chi connectivity index (χ0v) is 8.66. The highest BCUT2D eigenvalue weighted by Gasteiger charge is 2.17. The third-order valence-corrected chi connectivity index (χ3v) is 2.67. The Morgan fingerprint density at radius 1 is 1.54 bits per heavy atom. The van der Waals surface area contributed by atoms with Crippen molar-refractivity contribution in [3.05, 3.63) is 33.2 Å². The molecule has 0 saturated carbocycles. The van der Waals surface area contributed by atoms with Crippen molar-refractivity contribution >= 4 is 15.9 Å². The summed E-state index contributed by atoms with van der Waals surface area (Å²) in [4.78, 5) is 11.4. The lowest BCUT2D eigenvalue weighted by Crippen LogP contribution is -2.23. The van der Waals surface area contributed by atoms with Crippen LogP contribution in [-0.4, -0.2) is 17.8 Å². The SMILES string of the molecule is O=c1ccc(Br)cn1C1CCOC1. The van der Waals surface area contributed by atoms with Gasteiger partial charge in [-0.1, -0.05) is 0 Å². The van der Waals surface area contributed by atoms with Gasteiger partial charge in [-0.25, -0.2) is 0 Å². The first-order valence-corrected chi connectivity index (χ1v) is 5.02. The Morgan fingerprint density at radius 2 is 2.38 bits per heavy atom. The van der Waals surface area contributed by atoms with Crippen LogP contribution in [0.2, 0.25) is 0 Å². The molecule has 0 N–H and O–H groups in total. The molecule has 1 aromatic rings. The molecule has 0 spiro atoms. The number of aromatic nitrogens is 1. The van der Waals surface area contributed by atoms with Crippen LogP contribution in [0.25, 0.3) is 0 Å². The van der Waals surface area contributed by atoms with E-state index in [-0.39, 0.29) is 11.6 Å². The molecule has 0 bridgehead atoms. The summed E-state index contributed by atoms with van der Waals surface area (Å²) in [7, 11) is 0. The minimum Gasteiger partial charge on any atom is -0.379 e. The minimum absolute atomic E-state index is 0.0405. The Kier molecular flexibility index (Phi) is 2.51. The van der Waals surface area contributed by atoms with Crippen LogP contribution < -0.4 is 5.56 Å². The molecular weight excluding hydrogens is 234 g/mol. The first-order valence-electron chi connectivity index (χ1n) is 4.23. The molecule has 4 heteroatoms. The second-order valence-corrected chi connectivity index (χ2v) is 4.03. The second kappa shape index (κ2) is 3.64. The van der Waals surface area contributed by atoms with Crippen LogP contribution in [0.4, 0.5) is 0 Å². The molecule has 0 radical (unpaired) electrons. The molecule has 1 aliphatic heterocycles. The summed E-state index contributed by atoms with van der Waals surface area (Å²) in [5.41, 5.74) is 0.0405. The topological polar surface area (TPSA) is 31.2 Å². The zero-order valence-electron chi connectivity index (χ0n) is 7.07. The van der Waals surface area contributed by atoms with Gasteiger partial charge in [0.25, 0.3) is 5.56 Å². The van der Waals surface area contributed by atoms with Crippen molar-refractivity contribution in [2.24, 2.45) is 0 Å². The van der Waals surface area contributed by atoms with E-state index in [9.17, 15) is 4.79 Å². The van der Waals surface area contributed by atoms with Crippen molar-refractivity contribution < 1.29 is 4.74 Å². The highest BCUT2D eigenvalue weighted by molar-refractivity contribution is 9.10. The Morgan fingerprint density at radius 3 is 3.08 bits per heavy atom. The van der Waals surface area contributed by atoms with E-state index in [0.29, 0.717) is 6.61 Å². The molecule has 1 aromatic heterocycles. The molecular formula is C9H10BrNO2. The second-order valence-electron chi connectivity index (χ2n) is 3.11. The molecule has 70 valence electrons. The van der Waals surface area contributed by atoms with Crippen molar-refractivity contribution in [3.8, 4) is 0 Å². The van der Waals surface area contributed by atoms with Gasteiger partial charge in [-0.05, 0) is 28.4 Å². The molecule has 13 heavy (non-hydrogen) atoms. The lowest BCUT2D eigenvalue weighted by molar-refractivity contribution is 0.186. The molecule has 3 nitrogen and oxygen atoms in total. The average molecular weight is 244 g/mol. The molecule has 1 saturated heterocycles. The van der Waals surface area contributed by atoms with E-state index in [1.165, 1.54) is 0 Å². The quantitative estimate of drug-likeness (QED) is 0.750. The van der Waals surface area contributed by atoms with Gasteiger partial charge in [0.2, 0.25) is 0 Å². The van der Waals surface area contributed by atoms with Gasteiger partial charge >= 0.3 is 0 Å². The molecule has 1 aliphatic rings. The molecule has 1 unspecified atom stereocenters. The number of hydrogen-bond donors (Lipinski definition) is 0. The predicted octanol–water partition coefficient (Wildman–Crippen LogP) is 1.57. The van der Waals surface area contributed by atoms with Gasteiger partial charge in [-0.15, -0.1) is 0 Å². The third-order valence-electron chi connectivity index (χ3n) is 2.20. The Bertz CT molecular complexity index is 355.